The Morgan fingerprint density at radius 1 is 1.15 bits per heavy atom. The zero-order valence-electron chi connectivity index (χ0n) is 11.0. The van der Waals surface area contributed by atoms with Crippen molar-refractivity contribution < 1.29 is 17.9 Å². The normalized spacial score (nSPS) is 24.4. The third-order valence-corrected chi connectivity index (χ3v) is 4.14. The van der Waals surface area contributed by atoms with Gasteiger partial charge in [-0.05, 0) is 5.56 Å². The van der Waals surface area contributed by atoms with Gasteiger partial charge in [-0.1, -0.05) is 30.3 Å². The van der Waals surface area contributed by atoms with Gasteiger partial charge in [-0.15, -0.1) is 0 Å². The van der Waals surface area contributed by atoms with Gasteiger partial charge in [-0.3, -0.25) is 10.2 Å². The number of hydrogen-bond donors (Lipinski definition) is 1. The summed E-state index contributed by atoms with van der Waals surface area (Å²) in [7, 11) is 0. The second-order valence-electron chi connectivity index (χ2n) is 5.35. The maximum Gasteiger partial charge on any atom is 0.408 e. The molecule has 0 aromatic heterocycles. The molecule has 2 aliphatic rings. The Bertz CT molecular complexity index is 449. The minimum atomic E-state index is -4.26. The molecule has 2 fully saturated rings. The summed E-state index contributed by atoms with van der Waals surface area (Å²) < 4.78 is 45.6. The van der Waals surface area contributed by atoms with E-state index in [0.717, 1.165) is 0 Å². The van der Waals surface area contributed by atoms with Crippen LogP contribution in [0.25, 0.3) is 0 Å². The molecular weight excluding hydrogens is 269 g/mol. The Labute approximate surface area is 115 Å². The molecular formula is C14H17F3N2O. The highest BCUT2D eigenvalue weighted by Crippen LogP contribution is 2.41. The molecule has 1 spiro atoms. The topological polar surface area (TPSA) is 24.5 Å². The van der Waals surface area contributed by atoms with Crippen molar-refractivity contribution in [2.75, 3.05) is 19.8 Å². The van der Waals surface area contributed by atoms with Crippen LogP contribution in [-0.2, 0) is 4.74 Å². The maximum absolute atomic E-state index is 13.4. The van der Waals surface area contributed by atoms with Crippen LogP contribution in [-0.4, -0.2) is 36.6 Å². The van der Waals surface area contributed by atoms with Crippen LogP contribution in [0.15, 0.2) is 30.3 Å². The minimum Gasteiger partial charge on any atom is -0.345 e. The second-order valence-corrected chi connectivity index (χ2v) is 5.35. The molecule has 2 heterocycles. The van der Waals surface area contributed by atoms with Crippen LogP contribution in [0.5, 0.6) is 0 Å². The second kappa shape index (κ2) is 5.02. The van der Waals surface area contributed by atoms with Crippen LogP contribution in [0.4, 0.5) is 13.2 Å². The molecule has 0 amide bonds. The zero-order valence-corrected chi connectivity index (χ0v) is 11.0. The Kier molecular flexibility index (Phi) is 3.48. The third kappa shape index (κ3) is 2.55. The molecule has 1 aromatic rings. The Balaban J connectivity index is 1.77. The van der Waals surface area contributed by atoms with Crippen molar-refractivity contribution in [3.05, 3.63) is 35.9 Å². The average molecular weight is 286 g/mol. The molecule has 2 saturated heterocycles. The highest BCUT2D eigenvalue weighted by atomic mass is 19.4. The van der Waals surface area contributed by atoms with Crippen LogP contribution in [0, 0.1) is 0 Å². The molecule has 0 radical (unpaired) electrons. The number of alkyl halides is 3. The van der Waals surface area contributed by atoms with Crippen LogP contribution in [0.3, 0.4) is 0 Å². The summed E-state index contributed by atoms with van der Waals surface area (Å²) in [5, 5.41) is 3.17. The summed E-state index contributed by atoms with van der Waals surface area (Å²) >= 11 is 0. The fourth-order valence-corrected chi connectivity index (χ4v) is 2.98. The quantitative estimate of drug-likeness (QED) is 0.904. The molecule has 6 heteroatoms. The van der Waals surface area contributed by atoms with Crippen molar-refractivity contribution in [3.8, 4) is 0 Å². The molecule has 0 saturated carbocycles. The lowest BCUT2D eigenvalue weighted by Crippen LogP contribution is -2.64. The van der Waals surface area contributed by atoms with Gasteiger partial charge in [0.25, 0.3) is 0 Å². The number of halogens is 3. The minimum absolute atomic E-state index is 0.304. The summed E-state index contributed by atoms with van der Waals surface area (Å²) in [6.45, 7) is 1.26. The first-order chi connectivity index (χ1) is 9.50. The molecule has 0 bridgehead atoms. The van der Waals surface area contributed by atoms with E-state index in [1.165, 1.54) is 4.90 Å². The number of benzene rings is 1. The monoisotopic (exact) mass is 286 g/mol. The fraction of sp³-hybridized carbons (Fsp3) is 0.571. The molecule has 20 heavy (non-hydrogen) atoms. The predicted molar refractivity (Wildman–Crippen MR) is 67.9 cm³/mol. The number of ether oxygens (including phenoxy) is 1. The number of hydrogen-bond acceptors (Lipinski definition) is 3. The molecule has 1 aromatic carbocycles. The van der Waals surface area contributed by atoms with E-state index in [4.69, 9.17) is 4.74 Å². The van der Waals surface area contributed by atoms with E-state index >= 15 is 0 Å². The highest BCUT2D eigenvalue weighted by Gasteiger charge is 2.49. The summed E-state index contributed by atoms with van der Waals surface area (Å²) in [5.41, 5.74) is -0.0676. The van der Waals surface area contributed by atoms with Gasteiger partial charge in [0, 0.05) is 25.9 Å². The number of rotatable bonds is 2. The summed E-state index contributed by atoms with van der Waals surface area (Å²) in [6.07, 6.45) is -3.08. The molecule has 3 rings (SSSR count). The summed E-state index contributed by atoms with van der Waals surface area (Å²) in [4.78, 5) is 1.50. The molecule has 3 nitrogen and oxygen atoms in total. The summed E-state index contributed by atoms with van der Waals surface area (Å²) in [5.74, 6) is 0. The summed E-state index contributed by atoms with van der Waals surface area (Å²) in [6, 6.07) is 6.59. The number of likely N-dealkylation sites (tertiary alicyclic amines) is 1. The van der Waals surface area contributed by atoms with E-state index in [1.54, 1.807) is 30.3 Å². The zero-order chi connectivity index (χ0) is 14.2. The number of nitrogens with one attached hydrogen (secondary N) is 1. The van der Waals surface area contributed by atoms with Gasteiger partial charge in [-0.25, -0.2) is 0 Å². The van der Waals surface area contributed by atoms with E-state index < -0.39 is 12.2 Å². The number of nitrogens with zero attached hydrogens (tertiary/aromatic N) is 1. The fourth-order valence-electron chi connectivity index (χ4n) is 2.98. The van der Waals surface area contributed by atoms with Crippen molar-refractivity contribution in [2.45, 2.75) is 30.8 Å². The van der Waals surface area contributed by atoms with E-state index in [0.29, 0.717) is 38.2 Å². The Hall–Kier alpha value is -1.11. The lowest BCUT2D eigenvalue weighted by molar-refractivity contribution is -0.230. The van der Waals surface area contributed by atoms with Crippen molar-refractivity contribution >= 4 is 0 Å². The van der Waals surface area contributed by atoms with E-state index in [2.05, 4.69) is 5.32 Å². The van der Waals surface area contributed by atoms with E-state index in [-0.39, 0.29) is 5.72 Å². The van der Waals surface area contributed by atoms with Gasteiger partial charge in [-0.2, -0.15) is 13.2 Å². The smallest absolute Gasteiger partial charge is 0.345 e. The molecule has 110 valence electrons. The van der Waals surface area contributed by atoms with Crippen molar-refractivity contribution in [2.24, 2.45) is 0 Å². The Morgan fingerprint density at radius 2 is 1.75 bits per heavy atom. The van der Waals surface area contributed by atoms with E-state index in [9.17, 15) is 13.2 Å². The van der Waals surface area contributed by atoms with E-state index in [1.807, 2.05) is 0 Å². The standard InChI is InChI=1S/C14H17F3N2O/c15-14(16,17)12(11-4-2-1-3-5-11)19-8-6-13(7-9-19)18-10-20-13/h1-5,12,18H,6-10H2. The van der Waals surface area contributed by atoms with Gasteiger partial charge in [0.15, 0.2) is 0 Å². The van der Waals surface area contributed by atoms with Crippen molar-refractivity contribution in [3.63, 3.8) is 0 Å². The first kappa shape index (κ1) is 13.9. The van der Waals surface area contributed by atoms with Gasteiger partial charge in [0.1, 0.15) is 18.5 Å². The van der Waals surface area contributed by atoms with Crippen LogP contribution < -0.4 is 5.32 Å². The largest absolute Gasteiger partial charge is 0.408 e. The van der Waals surface area contributed by atoms with Crippen LogP contribution >= 0.6 is 0 Å². The first-order valence-electron chi connectivity index (χ1n) is 6.75. The molecule has 2 aliphatic heterocycles. The molecule has 1 atom stereocenters. The lowest BCUT2D eigenvalue weighted by Gasteiger charge is -2.49. The van der Waals surface area contributed by atoms with Gasteiger partial charge in [0.2, 0.25) is 0 Å². The maximum atomic E-state index is 13.4. The number of piperidine rings is 1. The van der Waals surface area contributed by atoms with Crippen molar-refractivity contribution in [1.82, 2.24) is 10.2 Å². The van der Waals surface area contributed by atoms with Crippen molar-refractivity contribution in [1.29, 1.82) is 0 Å². The molecule has 0 aliphatic carbocycles. The van der Waals surface area contributed by atoms with Gasteiger partial charge < -0.3 is 4.74 Å². The van der Waals surface area contributed by atoms with Crippen LogP contribution in [0.1, 0.15) is 24.4 Å². The first-order valence-corrected chi connectivity index (χ1v) is 6.75. The third-order valence-electron chi connectivity index (χ3n) is 4.14. The van der Waals surface area contributed by atoms with Gasteiger partial charge in [0.05, 0.1) is 0 Å². The SMILES string of the molecule is FC(F)(F)C(c1ccccc1)N1CCC2(CC1)NCO2. The highest BCUT2D eigenvalue weighted by molar-refractivity contribution is 5.21. The molecule has 1 unspecified atom stereocenters. The predicted octanol–water partition coefficient (Wildman–Crippen LogP) is 2.66. The average Bonchev–Trinajstić information content (AvgIpc) is 2.38. The van der Waals surface area contributed by atoms with Crippen LogP contribution in [0.2, 0.25) is 0 Å². The Morgan fingerprint density at radius 3 is 2.20 bits per heavy atom. The molecule has 1 N–H and O–H groups in total. The lowest BCUT2D eigenvalue weighted by atomic mass is 9.95. The van der Waals surface area contributed by atoms with Gasteiger partial charge >= 0.3 is 6.18 Å².